The van der Waals surface area contributed by atoms with Gasteiger partial charge in [0.2, 0.25) is 0 Å². The van der Waals surface area contributed by atoms with Gasteiger partial charge in [0.1, 0.15) is 5.82 Å². The summed E-state index contributed by atoms with van der Waals surface area (Å²) in [5.41, 5.74) is 0.621. The van der Waals surface area contributed by atoms with Crippen LogP contribution in [0.2, 0.25) is 10.0 Å². The number of anilines is 1. The highest BCUT2D eigenvalue weighted by molar-refractivity contribution is 7.92. The molecule has 0 fully saturated rings. The van der Waals surface area contributed by atoms with Crippen LogP contribution in [0, 0.1) is 6.92 Å². The summed E-state index contributed by atoms with van der Waals surface area (Å²) in [5.74, 6) is 0.286. The van der Waals surface area contributed by atoms with Crippen LogP contribution in [-0.2, 0) is 10.0 Å². The maximum atomic E-state index is 12.6. The van der Waals surface area contributed by atoms with E-state index >= 15 is 0 Å². The van der Waals surface area contributed by atoms with E-state index in [1.165, 1.54) is 19.3 Å². The number of hydrogen-bond donors (Lipinski definition) is 0. The van der Waals surface area contributed by atoms with Crippen LogP contribution in [-0.4, -0.2) is 20.4 Å². The van der Waals surface area contributed by atoms with Gasteiger partial charge in [-0.25, -0.2) is 13.4 Å². The molecule has 1 aromatic heterocycles. The minimum Gasteiger partial charge on any atom is -0.253 e. The molecule has 0 atom stereocenters. The maximum Gasteiger partial charge on any atom is 0.265 e. The first-order chi connectivity index (χ1) is 9.32. The third kappa shape index (κ3) is 2.90. The van der Waals surface area contributed by atoms with Gasteiger partial charge in [-0.3, -0.25) is 4.31 Å². The number of rotatable bonds is 3. The molecular formula is C13H12Cl2N2O2S. The summed E-state index contributed by atoms with van der Waals surface area (Å²) in [5, 5.41) is 0.810. The van der Waals surface area contributed by atoms with Gasteiger partial charge in [-0.2, -0.15) is 0 Å². The Morgan fingerprint density at radius 2 is 1.75 bits per heavy atom. The van der Waals surface area contributed by atoms with Crippen LogP contribution in [0.15, 0.2) is 41.4 Å². The Bertz CT molecular complexity index is 731. The molecule has 0 N–H and O–H groups in total. The Labute approximate surface area is 128 Å². The summed E-state index contributed by atoms with van der Waals surface area (Å²) in [7, 11) is -2.28. The highest BCUT2D eigenvalue weighted by Gasteiger charge is 2.24. The average Bonchev–Trinajstić information content (AvgIpc) is 2.41. The largest absolute Gasteiger partial charge is 0.265 e. The summed E-state index contributed by atoms with van der Waals surface area (Å²) in [4.78, 5) is 4.16. The average molecular weight is 331 g/mol. The molecule has 20 heavy (non-hydrogen) atoms. The van der Waals surface area contributed by atoms with Crippen molar-refractivity contribution in [2.75, 3.05) is 11.4 Å². The zero-order valence-corrected chi connectivity index (χ0v) is 13.2. The molecule has 0 spiro atoms. The Balaban J connectivity index is 2.49. The van der Waals surface area contributed by atoms with E-state index in [4.69, 9.17) is 23.2 Å². The second-order valence-electron chi connectivity index (χ2n) is 4.22. The molecule has 0 radical (unpaired) electrons. The van der Waals surface area contributed by atoms with Crippen molar-refractivity contribution in [2.45, 2.75) is 11.8 Å². The number of pyridine rings is 1. The van der Waals surface area contributed by atoms with Crippen LogP contribution in [0.1, 0.15) is 5.56 Å². The van der Waals surface area contributed by atoms with Gasteiger partial charge in [-0.1, -0.05) is 29.3 Å². The SMILES string of the molecule is Cc1ccc(Cl)cc1S(=O)(=O)N(C)c1ccc(Cl)cn1. The van der Waals surface area contributed by atoms with Gasteiger partial charge in [0.05, 0.1) is 9.92 Å². The zero-order valence-electron chi connectivity index (χ0n) is 10.8. The predicted octanol–water partition coefficient (Wildman–Crippen LogP) is 3.52. The van der Waals surface area contributed by atoms with E-state index in [9.17, 15) is 8.42 Å². The van der Waals surface area contributed by atoms with Crippen LogP contribution < -0.4 is 4.31 Å². The van der Waals surface area contributed by atoms with Crippen molar-refractivity contribution >= 4 is 39.0 Å². The minimum absolute atomic E-state index is 0.157. The maximum absolute atomic E-state index is 12.6. The van der Waals surface area contributed by atoms with Crippen LogP contribution in [0.3, 0.4) is 0 Å². The molecule has 0 amide bonds. The molecule has 7 heteroatoms. The Kier molecular flexibility index (Phi) is 4.22. The van der Waals surface area contributed by atoms with E-state index in [-0.39, 0.29) is 10.7 Å². The number of aryl methyl sites for hydroxylation is 1. The number of nitrogens with zero attached hydrogens (tertiary/aromatic N) is 2. The van der Waals surface area contributed by atoms with Crippen LogP contribution in [0.25, 0.3) is 0 Å². The van der Waals surface area contributed by atoms with Gasteiger partial charge < -0.3 is 0 Å². The van der Waals surface area contributed by atoms with Crippen molar-refractivity contribution in [1.29, 1.82) is 0 Å². The molecule has 2 rings (SSSR count). The fourth-order valence-electron chi connectivity index (χ4n) is 1.68. The van der Waals surface area contributed by atoms with Gasteiger partial charge in [0, 0.05) is 18.3 Å². The van der Waals surface area contributed by atoms with Crippen LogP contribution >= 0.6 is 23.2 Å². The summed E-state index contributed by atoms with van der Waals surface area (Å²) < 4.78 is 26.3. The first-order valence-electron chi connectivity index (χ1n) is 5.69. The van der Waals surface area contributed by atoms with Crippen molar-refractivity contribution in [3.63, 3.8) is 0 Å². The number of halogens is 2. The minimum atomic E-state index is -3.71. The highest BCUT2D eigenvalue weighted by Crippen LogP contribution is 2.26. The summed E-state index contributed by atoms with van der Waals surface area (Å²) in [6.45, 7) is 1.71. The lowest BCUT2D eigenvalue weighted by molar-refractivity contribution is 0.593. The number of hydrogen-bond acceptors (Lipinski definition) is 3. The lowest BCUT2D eigenvalue weighted by Crippen LogP contribution is -2.27. The number of benzene rings is 1. The molecule has 0 aliphatic rings. The summed E-state index contributed by atoms with van der Waals surface area (Å²) >= 11 is 11.6. The second kappa shape index (κ2) is 5.60. The Morgan fingerprint density at radius 1 is 1.10 bits per heavy atom. The summed E-state index contributed by atoms with van der Waals surface area (Å²) in [6.07, 6.45) is 1.40. The quantitative estimate of drug-likeness (QED) is 0.865. The summed E-state index contributed by atoms with van der Waals surface area (Å²) in [6, 6.07) is 7.87. The normalized spacial score (nSPS) is 11.4. The van der Waals surface area contributed by atoms with E-state index in [1.54, 1.807) is 31.2 Å². The lowest BCUT2D eigenvalue weighted by Gasteiger charge is -2.19. The van der Waals surface area contributed by atoms with Gasteiger partial charge >= 0.3 is 0 Å². The topological polar surface area (TPSA) is 50.3 Å². The molecule has 0 unspecified atom stereocenters. The molecule has 1 heterocycles. The number of sulfonamides is 1. The number of aromatic nitrogens is 1. The smallest absolute Gasteiger partial charge is 0.253 e. The third-order valence-electron chi connectivity index (χ3n) is 2.82. The van der Waals surface area contributed by atoms with Gasteiger partial charge in [-0.15, -0.1) is 0 Å². The molecule has 0 bridgehead atoms. The first-order valence-corrected chi connectivity index (χ1v) is 7.88. The van der Waals surface area contributed by atoms with E-state index in [1.807, 2.05) is 0 Å². The van der Waals surface area contributed by atoms with Gasteiger partial charge in [0.25, 0.3) is 10.0 Å². The Hall–Kier alpha value is -1.30. The second-order valence-corrected chi connectivity index (χ2v) is 7.03. The Morgan fingerprint density at radius 3 is 2.35 bits per heavy atom. The molecule has 2 aromatic rings. The standard InChI is InChI=1S/C13H12Cl2N2O2S/c1-9-3-4-10(14)7-12(9)20(18,19)17(2)13-6-5-11(15)8-16-13/h3-8H,1-2H3. The van der Waals surface area contributed by atoms with Crippen molar-refractivity contribution in [2.24, 2.45) is 0 Å². The molecule has 0 aliphatic heterocycles. The first kappa shape index (κ1) is 15.1. The van der Waals surface area contributed by atoms with Crippen molar-refractivity contribution in [3.8, 4) is 0 Å². The molecule has 1 aromatic carbocycles. The van der Waals surface area contributed by atoms with Crippen molar-refractivity contribution in [1.82, 2.24) is 4.98 Å². The molecule has 4 nitrogen and oxygen atoms in total. The van der Waals surface area contributed by atoms with Crippen molar-refractivity contribution < 1.29 is 8.42 Å². The highest BCUT2D eigenvalue weighted by atomic mass is 35.5. The zero-order chi connectivity index (χ0) is 14.9. The fraction of sp³-hybridized carbons (Fsp3) is 0.154. The monoisotopic (exact) mass is 330 g/mol. The third-order valence-corrected chi connectivity index (χ3v) is 5.19. The van der Waals surface area contributed by atoms with Crippen LogP contribution in [0.4, 0.5) is 5.82 Å². The van der Waals surface area contributed by atoms with Crippen molar-refractivity contribution in [3.05, 3.63) is 52.1 Å². The van der Waals surface area contributed by atoms with E-state index < -0.39 is 10.0 Å². The van der Waals surface area contributed by atoms with E-state index in [2.05, 4.69) is 4.98 Å². The van der Waals surface area contributed by atoms with Gasteiger partial charge in [0.15, 0.2) is 0 Å². The van der Waals surface area contributed by atoms with Gasteiger partial charge in [-0.05, 0) is 36.8 Å². The lowest BCUT2D eigenvalue weighted by atomic mass is 10.2. The molecule has 0 aliphatic carbocycles. The molecule has 106 valence electrons. The molecule has 0 saturated carbocycles. The van der Waals surface area contributed by atoms with E-state index in [0.29, 0.717) is 15.6 Å². The predicted molar refractivity (Wildman–Crippen MR) is 81.0 cm³/mol. The van der Waals surface area contributed by atoms with E-state index in [0.717, 1.165) is 4.31 Å². The van der Waals surface area contributed by atoms with Crippen LogP contribution in [0.5, 0.6) is 0 Å². The fourth-order valence-corrected chi connectivity index (χ4v) is 3.43. The molecule has 0 saturated heterocycles. The molecular weight excluding hydrogens is 319 g/mol.